The normalized spacial score (nSPS) is 17.9. The van der Waals surface area contributed by atoms with Crippen molar-refractivity contribution >= 4 is 27.8 Å². The summed E-state index contributed by atoms with van der Waals surface area (Å²) in [6, 6.07) is 18.0. The van der Waals surface area contributed by atoms with E-state index in [2.05, 4.69) is 15.2 Å². The van der Waals surface area contributed by atoms with Gasteiger partial charge in [0.05, 0.1) is 22.8 Å². The topological polar surface area (TPSA) is 66.8 Å². The largest absolute Gasteiger partial charge is 0.418 e. The van der Waals surface area contributed by atoms with Gasteiger partial charge in [-0.05, 0) is 54.5 Å². The lowest BCUT2D eigenvalue weighted by Gasteiger charge is -2.18. The Labute approximate surface area is 222 Å². The van der Waals surface area contributed by atoms with Crippen LogP contribution < -0.4 is 0 Å². The summed E-state index contributed by atoms with van der Waals surface area (Å²) in [5, 5.41) is 8.08. The highest BCUT2D eigenvalue weighted by molar-refractivity contribution is 5.86. The van der Waals surface area contributed by atoms with E-state index in [-0.39, 0.29) is 23.3 Å². The van der Waals surface area contributed by atoms with Gasteiger partial charge in [-0.2, -0.15) is 18.3 Å². The molecule has 1 saturated heterocycles. The average Bonchev–Trinajstić information content (AvgIpc) is 3.32. The molecule has 2 aromatic heterocycles. The number of carbonyl (C=O) groups is 1. The number of carbonyl (C=O) groups excluding carboxylic acids is 1. The van der Waals surface area contributed by atoms with E-state index >= 15 is 0 Å². The summed E-state index contributed by atoms with van der Waals surface area (Å²) in [4.78, 5) is 19.1. The molecule has 5 aromatic rings. The van der Waals surface area contributed by atoms with Gasteiger partial charge < -0.3 is 9.47 Å². The van der Waals surface area contributed by atoms with Crippen LogP contribution in [0.4, 0.5) is 13.2 Å². The van der Waals surface area contributed by atoms with E-state index < -0.39 is 11.7 Å². The number of aromatic nitrogens is 4. The fourth-order valence-corrected chi connectivity index (χ4v) is 5.74. The number of amides is 1. The van der Waals surface area contributed by atoms with Gasteiger partial charge in [0.25, 0.3) is 0 Å². The van der Waals surface area contributed by atoms with E-state index in [4.69, 9.17) is 0 Å². The first kappa shape index (κ1) is 23.9. The van der Waals surface area contributed by atoms with Crippen LogP contribution in [0.25, 0.3) is 44.5 Å². The van der Waals surface area contributed by atoms with Crippen LogP contribution in [0, 0.1) is 11.8 Å². The first-order valence-electron chi connectivity index (χ1n) is 13.2. The Kier molecular flexibility index (Phi) is 5.50. The van der Waals surface area contributed by atoms with Gasteiger partial charge in [-0.3, -0.25) is 9.89 Å². The third kappa shape index (κ3) is 4.35. The molecule has 1 saturated carbocycles. The lowest BCUT2D eigenvalue weighted by atomic mass is 10.0. The number of nitrogens with one attached hydrogen (secondary N) is 1. The predicted molar refractivity (Wildman–Crippen MR) is 143 cm³/mol. The SMILES string of the molecule is O=C(C1CC1)N1CC[C@H](Cn2c(-c3ccc(-c4ccc5cn[nH]c5c4)cc3)nc3c(C(F)(F)F)cccc32)C1. The number of imidazole rings is 1. The number of rotatable bonds is 5. The summed E-state index contributed by atoms with van der Waals surface area (Å²) in [6.45, 7) is 1.83. The Morgan fingerprint density at radius 3 is 2.51 bits per heavy atom. The number of likely N-dealkylation sites (tertiary alicyclic amines) is 1. The molecule has 0 spiro atoms. The van der Waals surface area contributed by atoms with Crippen molar-refractivity contribution in [1.82, 2.24) is 24.6 Å². The smallest absolute Gasteiger partial charge is 0.342 e. The van der Waals surface area contributed by atoms with Crippen molar-refractivity contribution < 1.29 is 18.0 Å². The quantitative estimate of drug-likeness (QED) is 0.282. The number of aromatic amines is 1. The van der Waals surface area contributed by atoms with Crippen molar-refractivity contribution in [3.05, 3.63) is 72.4 Å². The summed E-state index contributed by atoms with van der Waals surface area (Å²) in [5.41, 5.74) is 3.36. The van der Waals surface area contributed by atoms with Crippen LogP contribution in [0.1, 0.15) is 24.8 Å². The monoisotopic (exact) mass is 529 g/mol. The summed E-state index contributed by atoms with van der Waals surface area (Å²) in [7, 11) is 0. The molecule has 0 unspecified atom stereocenters. The predicted octanol–water partition coefficient (Wildman–Crippen LogP) is 6.52. The van der Waals surface area contributed by atoms with E-state index in [1.54, 1.807) is 12.3 Å². The lowest BCUT2D eigenvalue weighted by Crippen LogP contribution is -2.30. The first-order valence-corrected chi connectivity index (χ1v) is 13.2. The number of alkyl halides is 3. The van der Waals surface area contributed by atoms with Gasteiger partial charge in [0.1, 0.15) is 11.3 Å². The summed E-state index contributed by atoms with van der Waals surface area (Å²) in [5.74, 6) is 1.04. The highest BCUT2D eigenvalue weighted by atomic mass is 19.4. The molecule has 39 heavy (non-hydrogen) atoms. The number of hydrogen-bond donors (Lipinski definition) is 1. The first-order chi connectivity index (χ1) is 18.8. The molecular weight excluding hydrogens is 503 g/mol. The number of fused-ring (bicyclic) bond motifs is 2. The standard InChI is InChI=1S/C30H26F3N5O/c31-30(32,33)24-2-1-3-26-27(24)35-28(38(26)17-18-12-13-37(16-18)29(39)21-8-9-21)20-6-4-19(5-7-20)22-10-11-23-15-34-36-25(23)14-22/h1-7,10-11,14-15,18,21H,8-9,12-13,16-17H2,(H,34,36)/t18-/m0/s1. The number of para-hydroxylation sites is 1. The molecule has 3 heterocycles. The third-order valence-electron chi connectivity index (χ3n) is 7.97. The Morgan fingerprint density at radius 2 is 1.74 bits per heavy atom. The van der Waals surface area contributed by atoms with Crippen molar-refractivity contribution in [3.8, 4) is 22.5 Å². The molecule has 7 rings (SSSR count). The van der Waals surface area contributed by atoms with Gasteiger partial charge in [-0.25, -0.2) is 4.98 Å². The molecule has 1 aliphatic heterocycles. The van der Waals surface area contributed by atoms with Crippen LogP contribution in [-0.4, -0.2) is 43.6 Å². The second kappa shape index (κ2) is 8.97. The van der Waals surface area contributed by atoms with E-state index in [1.165, 1.54) is 6.07 Å². The zero-order valence-corrected chi connectivity index (χ0v) is 21.1. The highest BCUT2D eigenvalue weighted by Gasteiger charge is 2.38. The molecular formula is C30H26F3N5O. The third-order valence-corrected chi connectivity index (χ3v) is 7.97. The number of benzene rings is 3. The zero-order chi connectivity index (χ0) is 26.7. The molecule has 198 valence electrons. The van der Waals surface area contributed by atoms with Gasteiger partial charge in [-0.15, -0.1) is 0 Å². The Balaban J connectivity index is 1.26. The fourth-order valence-electron chi connectivity index (χ4n) is 5.74. The number of hydrogen-bond acceptors (Lipinski definition) is 3. The minimum absolute atomic E-state index is 0.0438. The molecule has 6 nitrogen and oxygen atoms in total. The average molecular weight is 530 g/mol. The van der Waals surface area contributed by atoms with Crippen molar-refractivity contribution in [2.24, 2.45) is 11.8 Å². The highest BCUT2D eigenvalue weighted by Crippen LogP contribution is 2.38. The van der Waals surface area contributed by atoms with E-state index in [1.807, 2.05) is 51.9 Å². The van der Waals surface area contributed by atoms with Crippen LogP contribution in [0.3, 0.4) is 0 Å². The molecule has 1 amide bonds. The zero-order valence-electron chi connectivity index (χ0n) is 21.1. The molecule has 2 fully saturated rings. The van der Waals surface area contributed by atoms with Crippen LogP contribution in [-0.2, 0) is 17.5 Å². The molecule has 3 aromatic carbocycles. The fraction of sp³-hybridized carbons (Fsp3) is 0.300. The number of nitrogens with zero attached hydrogens (tertiary/aromatic N) is 4. The van der Waals surface area contributed by atoms with E-state index in [9.17, 15) is 18.0 Å². The van der Waals surface area contributed by atoms with E-state index in [0.29, 0.717) is 31.0 Å². The van der Waals surface area contributed by atoms with Crippen LogP contribution in [0.5, 0.6) is 0 Å². The van der Waals surface area contributed by atoms with Crippen molar-refractivity contribution in [1.29, 1.82) is 0 Å². The van der Waals surface area contributed by atoms with Gasteiger partial charge in [0, 0.05) is 36.5 Å². The van der Waals surface area contributed by atoms with Gasteiger partial charge in [0.15, 0.2) is 0 Å². The van der Waals surface area contributed by atoms with Gasteiger partial charge in [-0.1, -0.05) is 42.5 Å². The van der Waals surface area contributed by atoms with Crippen LogP contribution >= 0.6 is 0 Å². The maximum atomic E-state index is 13.9. The second-order valence-corrected chi connectivity index (χ2v) is 10.7. The molecule has 1 atom stereocenters. The molecule has 1 N–H and O–H groups in total. The molecule has 0 bridgehead atoms. The van der Waals surface area contributed by atoms with Crippen molar-refractivity contribution in [2.75, 3.05) is 13.1 Å². The summed E-state index contributed by atoms with van der Waals surface area (Å²) >= 11 is 0. The van der Waals surface area contributed by atoms with Crippen LogP contribution in [0.15, 0.2) is 66.9 Å². The minimum Gasteiger partial charge on any atom is -0.342 e. The van der Waals surface area contributed by atoms with Crippen molar-refractivity contribution in [3.63, 3.8) is 0 Å². The summed E-state index contributed by atoms with van der Waals surface area (Å²) in [6.07, 6.45) is 0.00932. The maximum absolute atomic E-state index is 13.9. The molecule has 2 aliphatic rings. The lowest BCUT2D eigenvalue weighted by molar-refractivity contribution is -0.136. The minimum atomic E-state index is -4.51. The van der Waals surface area contributed by atoms with Gasteiger partial charge in [0.2, 0.25) is 5.91 Å². The van der Waals surface area contributed by atoms with Gasteiger partial charge >= 0.3 is 6.18 Å². The van der Waals surface area contributed by atoms with E-state index in [0.717, 1.165) is 52.9 Å². The molecule has 0 radical (unpaired) electrons. The number of H-pyrrole nitrogens is 1. The maximum Gasteiger partial charge on any atom is 0.418 e. The Bertz CT molecular complexity index is 1700. The molecule has 1 aliphatic carbocycles. The Morgan fingerprint density at radius 1 is 0.974 bits per heavy atom. The summed E-state index contributed by atoms with van der Waals surface area (Å²) < 4.78 is 43.7. The van der Waals surface area contributed by atoms with Crippen molar-refractivity contribution in [2.45, 2.75) is 32.0 Å². The molecule has 9 heteroatoms. The van der Waals surface area contributed by atoms with Crippen LogP contribution in [0.2, 0.25) is 0 Å². The number of halogens is 3. The Hall–Kier alpha value is -4.14. The second-order valence-electron chi connectivity index (χ2n) is 10.7.